The van der Waals surface area contributed by atoms with Crippen LogP contribution in [-0.4, -0.2) is 17.4 Å². The van der Waals surface area contributed by atoms with Crippen LogP contribution in [0, 0.1) is 0 Å². The first-order valence-electron chi connectivity index (χ1n) is 7.50. The molecule has 0 amide bonds. The molecular formula is C16H25NO2. The fraction of sp³-hybridized carbons (Fsp3) is 0.625. The molecule has 106 valence electrons. The van der Waals surface area contributed by atoms with Gasteiger partial charge in [0.25, 0.3) is 0 Å². The smallest absolute Gasteiger partial charge is 0.163 e. The molecule has 1 aliphatic rings. The summed E-state index contributed by atoms with van der Waals surface area (Å²) in [5, 5.41) is 13.4. The minimum absolute atomic E-state index is 0.00130. The zero-order chi connectivity index (χ0) is 13.5. The quantitative estimate of drug-likeness (QED) is 0.767. The molecule has 0 spiro atoms. The van der Waals surface area contributed by atoms with Crippen LogP contribution in [0.4, 0.5) is 0 Å². The number of phenols is 1. The maximum absolute atomic E-state index is 9.78. The summed E-state index contributed by atoms with van der Waals surface area (Å²) < 4.78 is 5.93. The van der Waals surface area contributed by atoms with Crippen LogP contribution in [0.1, 0.15) is 51.9 Å². The first-order chi connectivity index (χ1) is 9.29. The molecule has 0 radical (unpaired) electrons. The summed E-state index contributed by atoms with van der Waals surface area (Å²) >= 11 is 0. The van der Waals surface area contributed by atoms with E-state index >= 15 is 0 Å². The van der Waals surface area contributed by atoms with Crippen molar-refractivity contribution in [2.24, 2.45) is 0 Å². The van der Waals surface area contributed by atoms with E-state index < -0.39 is 0 Å². The fourth-order valence-electron chi connectivity index (χ4n) is 2.68. The Kier molecular flexibility index (Phi) is 5.52. The molecule has 3 nitrogen and oxygen atoms in total. The van der Waals surface area contributed by atoms with E-state index in [1.54, 1.807) is 6.07 Å². The van der Waals surface area contributed by atoms with Crippen LogP contribution < -0.4 is 10.1 Å². The maximum atomic E-state index is 9.78. The van der Waals surface area contributed by atoms with Gasteiger partial charge in [-0.15, -0.1) is 0 Å². The second-order valence-corrected chi connectivity index (χ2v) is 5.36. The van der Waals surface area contributed by atoms with Gasteiger partial charge in [-0.05, 0) is 31.4 Å². The van der Waals surface area contributed by atoms with E-state index in [-0.39, 0.29) is 12.0 Å². The predicted octanol–water partition coefficient (Wildman–Crippen LogP) is 3.82. The molecule has 0 heterocycles. The van der Waals surface area contributed by atoms with Crippen molar-refractivity contribution in [1.29, 1.82) is 0 Å². The van der Waals surface area contributed by atoms with E-state index in [1.165, 1.54) is 32.1 Å². The number of phenolic OH excluding ortho intramolecular Hbond substituents is 1. The van der Waals surface area contributed by atoms with Crippen molar-refractivity contribution in [3.63, 3.8) is 0 Å². The van der Waals surface area contributed by atoms with Gasteiger partial charge < -0.3 is 9.84 Å². The Bertz CT molecular complexity index is 375. The van der Waals surface area contributed by atoms with Crippen molar-refractivity contribution < 1.29 is 9.84 Å². The van der Waals surface area contributed by atoms with E-state index in [4.69, 9.17) is 4.74 Å². The van der Waals surface area contributed by atoms with Gasteiger partial charge in [-0.25, -0.2) is 0 Å². The van der Waals surface area contributed by atoms with Crippen molar-refractivity contribution in [1.82, 2.24) is 5.32 Å². The Hall–Kier alpha value is -1.22. The maximum Gasteiger partial charge on any atom is 0.163 e. The van der Waals surface area contributed by atoms with Crippen LogP contribution in [0.5, 0.6) is 11.5 Å². The van der Waals surface area contributed by atoms with Gasteiger partial charge in [-0.2, -0.15) is 0 Å². The highest BCUT2D eigenvalue weighted by molar-refractivity contribution is 5.38. The minimum atomic E-state index is 0.00130. The van der Waals surface area contributed by atoms with Crippen molar-refractivity contribution in [2.75, 3.05) is 0 Å². The van der Waals surface area contributed by atoms with Crippen LogP contribution in [0.3, 0.4) is 0 Å². The summed E-state index contributed by atoms with van der Waals surface area (Å²) in [4.78, 5) is 0. The average molecular weight is 263 g/mol. The molecule has 1 aromatic carbocycles. The highest BCUT2D eigenvalue weighted by Crippen LogP contribution is 2.26. The third-order valence-electron chi connectivity index (χ3n) is 3.71. The molecule has 1 aromatic rings. The molecule has 1 fully saturated rings. The molecule has 2 rings (SSSR count). The summed E-state index contributed by atoms with van der Waals surface area (Å²) in [5.74, 6) is 0.790. The topological polar surface area (TPSA) is 41.5 Å². The SMILES string of the molecule is CCCC(NC1CCCCC1)Oc1ccccc1O. The number of aromatic hydroxyl groups is 1. The number of ether oxygens (including phenoxy) is 1. The number of nitrogens with one attached hydrogen (secondary N) is 1. The highest BCUT2D eigenvalue weighted by atomic mass is 16.5. The van der Waals surface area contributed by atoms with Crippen LogP contribution >= 0.6 is 0 Å². The van der Waals surface area contributed by atoms with Crippen molar-refractivity contribution >= 4 is 0 Å². The molecule has 0 aliphatic heterocycles. The lowest BCUT2D eigenvalue weighted by Crippen LogP contribution is -2.42. The third-order valence-corrected chi connectivity index (χ3v) is 3.71. The van der Waals surface area contributed by atoms with E-state index in [2.05, 4.69) is 12.2 Å². The zero-order valence-electron chi connectivity index (χ0n) is 11.8. The summed E-state index contributed by atoms with van der Waals surface area (Å²) in [6.07, 6.45) is 8.50. The molecule has 19 heavy (non-hydrogen) atoms. The molecule has 0 saturated heterocycles. The Morgan fingerprint density at radius 2 is 2.00 bits per heavy atom. The van der Waals surface area contributed by atoms with Gasteiger partial charge in [0.15, 0.2) is 17.7 Å². The average Bonchev–Trinajstić information content (AvgIpc) is 2.43. The van der Waals surface area contributed by atoms with E-state index in [9.17, 15) is 5.11 Å². The van der Waals surface area contributed by atoms with E-state index in [0.29, 0.717) is 11.8 Å². The summed E-state index contributed by atoms with van der Waals surface area (Å²) in [5.41, 5.74) is 0. The lowest BCUT2D eigenvalue weighted by Gasteiger charge is -2.29. The monoisotopic (exact) mass is 263 g/mol. The van der Waals surface area contributed by atoms with Crippen LogP contribution in [-0.2, 0) is 0 Å². The van der Waals surface area contributed by atoms with Crippen LogP contribution in [0.25, 0.3) is 0 Å². The Morgan fingerprint density at radius 3 is 2.68 bits per heavy atom. The highest BCUT2D eigenvalue weighted by Gasteiger charge is 2.19. The third kappa shape index (κ3) is 4.43. The van der Waals surface area contributed by atoms with Crippen LogP contribution in [0.2, 0.25) is 0 Å². The van der Waals surface area contributed by atoms with Gasteiger partial charge in [0.05, 0.1) is 0 Å². The summed E-state index contributed by atoms with van der Waals surface area (Å²) in [7, 11) is 0. The first kappa shape index (κ1) is 14.2. The summed E-state index contributed by atoms with van der Waals surface area (Å²) in [6.45, 7) is 2.16. The molecule has 1 atom stereocenters. The lowest BCUT2D eigenvalue weighted by molar-refractivity contribution is 0.123. The zero-order valence-corrected chi connectivity index (χ0v) is 11.8. The van der Waals surface area contributed by atoms with E-state index in [0.717, 1.165) is 12.8 Å². The normalized spacial score (nSPS) is 18.2. The van der Waals surface area contributed by atoms with Crippen LogP contribution in [0.15, 0.2) is 24.3 Å². The van der Waals surface area contributed by atoms with Gasteiger partial charge in [-0.3, -0.25) is 5.32 Å². The lowest BCUT2D eigenvalue weighted by atomic mass is 9.95. The number of hydrogen-bond donors (Lipinski definition) is 2. The standard InChI is InChI=1S/C16H25NO2/c1-2-8-16(17-13-9-4-3-5-10-13)19-15-12-7-6-11-14(15)18/h6-7,11-13,16-18H,2-5,8-10H2,1H3. The Labute approximate surface area is 116 Å². The molecule has 1 saturated carbocycles. The molecule has 1 aliphatic carbocycles. The number of benzene rings is 1. The van der Waals surface area contributed by atoms with Gasteiger partial charge in [0.1, 0.15) is 0 Å². The van der Waals surface area contributed by atoms with Crippen molar-refractivity contribution in [3.05, 3.63) is 24.3 Å². The predicted molar refractivity (Wildman–Crippen MR) is 77.4 cm³/mol. The Balaban J connectivity index is 1.93. The first-order valence-corrected chi connectivity index (χ1v) is 7.50. The molecular weight excluding hydrogens is 238 g/mol. The molecule has 0 bridgehead atoms. The van der Waals surface area contributed by atoms with E-state index in [1.807, 2.05) is 18.2 Å². The van der Waals surface area contributed by atoms with Crippen molar-refractivity contribution in [3.8, 4) is 11.5 Å². The second kappa shape index (κ2) is 7.39. The van der Waals surface area contributed by atoms with Gasteiger partial charge in [0.2, 0.25) is 0 Å². The number of hydrogen-bond acceptors (Lipinski definition) is 3. The molecule has 1 unspecified atom stereocenters. The molecule has 0 aromatic heterocycles. The number of rotatable bonds is 6. The van der Waals surface area contributed by atoms with Gasteiger partial charge in [-0.1, -0.05) is 44.7 Å². The molecule has 3 heteroatoms. The second-order valence-electron chi connectivity index (χ2n) is 5.36. The van der Waals surface area contributed by atoms with Gasteiger partial charge in [0, 0.05) is 6.04 Å². The summed E-state index contributed by atoms with van der Waals surface area (Å²) in [6, 6.07) is 7.75. The number of para-hydroxylation sites is 2. The van der Waals surface area contributed by atoms with Crippen molar-refractivity contribution in [2.45, 2.75) is 64.1 Å². The van der Waals surface area contributed by atoms with Gasteiger partial charge >= 0.3 is 0 Å². The molecule has 2 N–H and O–H groups in total. The largest absolute Gasteiger partial charge is 0.504 e. The minimum Gasteiger partial charge on any atom is -0.504 e. The Morgan fingerprint density at radius 1 is 1.26 bits per heavy atom. The fourth-order valence-corrected chi connectivity index (χ4v) is 2.68.